The van der Waals surface area contributed by atoms with Crippen molar-refractivity contribution in [2.45, 2.75) is 45.4 Å². The van der Waals surface area contributed by atoms with Gasteiger partial charge >= 0.3 is 0 Å². The van der Waals surface area contributed by atoms with Crippen molar-refractivity contribution in [2.24, 2.45) is 0 Å². The van der Waals surface area contributed by atoms with Crippen LogP contribution in [0.3, 0.4) is 0 Å². The van der Waals surface area contributed by atoms with E-state index in [1.165, 1.54) is 16.7 Å². The molecule has 0 saturated carbocycles. The molecule has 0 bridgehead atoms. The molecule has 0 amide bonds. The van der Waals surface area contributed by atoms with E-state index in [9.17, 15) is 0 Å². The van der Waals surface area contributed by atoms with Gasteiger partial charge in [-0.2, -0.15) is 0 Å². The Bertz CT molecular complexity index is 450. The lowest BCUT2D eigenvalue weighted by Gasteiger charge is -2.20. The smallest absolute Gasteiger partial charge is 0.162 e. The van der Waals surface area contributed by atoms with Crippen molar-refractivity contribution in [2.75, 3.05) is 6.07 Å². The first-order chi connectivity index (χ1) is 8.69. The summed E-state index contributed by atoms with van der Waals surface area (Å²) in [5, 5.41) is 0. The van der Waals surface area contributed by atoms with Gasteiger partial charge in [0, 0.05) is 11.5 Å². The predicted octanol–water partition coefficient (Wildman–Crippen LogP) is 5.21. The number of para-hydroxylation sites is 1. The minimum absolute atomic E-state index is 0.214. The Morgan fingerprint density at radius 3 is 2.50 bits per heavy atom. The zero-order valence-electron chi connectivity index (χ0n) is 11.4. The van der Waals surface area contributed by atoms with Gasteiger partial charge in [0.2, 0.25) is 0 Å². The van der Waals surface area contributed by atoms with E-state index in [2.05, 4.69) is 45.0 Å². The molecule has 0 fully saturated rings. The highest BCUT2D eigenvalue weighted by Crippen LogP contribution is 2.42. The highest BCUT2D eigenvalue weighted by Gasteiger charge is 2.23. The number of ether oxygens (including phenoxy) is 1. The standard InChI is InChI=1S/C16H21ClO/c1-4-11(2)14-6-5-7-15(16(14)18-10-17)12(3)13-8-9-13/h5-8,11-12H,4,9-10H2,1-3H3/t11-,12-/m1/s1. The summed E-state index contributed by atoms with van der Waals surface area (Å²) in [7, 11) is 0. The van der Waals surface area contributed by atoms with Crippen molar-refractivity contribution in [1.82, 2.24) is 0 Å². The van der Waals surface area contributed by atoms with Gasteiger partial charge in [-0.3, -0.25) is 0 Å². The summed E-state index contributed by atoms with van der Waals surface area (Å²) < 4.78 is 5.73. The molecule has 98 valence electrons. The van der Waals surface area contributed by atoms with E-state index in [1.807, 2.05) is 0 Å². The third-order valence-electron chi connectivity index (χ3n) is 3.88. The molecule has 18 heavy (non-hydrogen) atoms. The van der Waals surface area contributed by atoms with Gasteiger partial charge < -0.3 is 4.74 Å². The van der Waals surface area contributed by atoms with E-state index >= 15 is 0 Å². The van der Waals surface area contributed by atoms with Crippen molar-refractivity contribution < 1.29 is 4.74 Å². The Morgan fingerprint density at radius 2 is 1.94 bits per heavy atom. The van der Waals surface area contributed by atoms with E-state index < -0.39 is 0 Å². The van der Waals surface area contributed by atoms with Gasteiger partial charge in [0.05, 0.1) is 0 Å². The van der Waals surface area contributed by atoms with E-state index in [-0.39, 0.29) is 6.07 Å². The molecule has 0 heterocycles. The normalized spacial score (nSPS) is 17.0. The number of benzene rings is 1. The first-order valence-electron chi connectivity index (χ1n) is 6.69. The number of alkyl halides is 1. The second-order valence-corrected chi connectivity index (χ2v) is 5.25. The summed E-state index contributed by atoms with van der Waals surface area (Å²) in [4.78, 5) is 0. The van der Waals surface area contributed by atoms with Crippen LogP contribution in [0.15, 0.2) is 29.8 Å². The van der Waals surface area contributed by atoms with Crippen LogP contribution in [-0.4, -0.2) is 6.07 Å². The quantitative estimate of drug-likeness (QED) is 0.506. The fourth-order valence-electron chi connectivity index (χ4n) is 2.36. The summed E-state index contributed by atoms with van der Waals surface area (Å²) >= 11 is 5.79. The Hall–Kier alpha value is -0.950. The molecule has 0 saturated heterocycles. The lowest BCUT2D eigenvalue weighted by Crippen LogP contribution is -2.04. The lowest BCUT2D eigenvalue weighted by molar-refractivity contribution is 0.374. The molecule has 2 atom stereocenters. The minimum Gasteiger partial charge on any atom is -0.477 e. The van der Waals surface area contributed by atoms with Crippen molar-refractivity contribution >= 4 is 11.6 Å². The Labute approximate surface area is 115 Å². The van der Waals surface area contributed by atoms with Gasteiger partial charge in [0.1, 0.15) is 5.75 Å². The summed E-state index contributed by atoms with van der Waals surface area (Å²) in [6.07, 6.45) is 4.54. The molecule has 0 spiro atoms. The monoisotopic (exact) mass is 264 g/mol. The summed E-state index contributed by atoms with van der Waals surface area (Å²) in [5.74, 6) is 1.96. The average molecular weight is 265 g/mol. The number of allylic oxidation sites excluding steroid dienone is 2. The van der Waals surface area contributed by atoms with Gasteiger partial charge in [0.25, 0.3) is 0 Å². The fraction of sp³-hybridized carbons (Fsp3) is 0.500. The largest absolute Gasteiger partial charge is 0.477 e. The second-order valence-electron chi connectivity index (χ2n) is 5.03. The van der Waals surface area contributed by atoms with Gasteiger partial charge in [0.15, 0.2) is 6.07 Å². The van der Waals surface area contributed by atoms with E-state index in [0.29, 0.717) is 11.8 Å². The SMILES string of the molecule is CC[C@@H](C)c1cccc([C@H](C)C2=CC2)c1OCCl. The molecular formula is C16H21ClO. The minimum atomic E-state index is 0.214. The van der Waals surface area contributed by atoms with Crippen LogP contribution in [0.5, 0.6) is 5.75 Å². The first kappa shape index (κ1) is 13.5. The van der Waals surface area contributed by atoms with Gasteiger partial charge in [-0.25, -0.2) is 0 Å². The Morgan fingerprint density at radius 1 is 1.28 bits per heavy atom. The zero-order valence-corrected chi connectivity index (χ0v) is 12.1. The first-order valence-corrected chi connectivity index (χ1v) is 7.23. The van der Waals surface area contributed by atoms with E-state index in [4.69, 9.17) is 16.3 Å². The van der Waals surface area contributed by atoms with Crippen LogP contribution in [0.25, 0.3) is 0 Å². The molecule has 1 aromatic rings. The highest BCUT2D eigenvalue weighted by atomic mass is 35.5. The van der Waals surface area contributed by atoms with Crippen molar-refractivity contribution in [3.8, 4) is 5.75 Å². The van der Waals surface area contributed by atoms with Gasteiger partial charge in [-0.15, -0.1) is 0 Å². The molecule has 0 aliphatic heterocycles. The summed E-state index contributed by atoms with van der Waals surface area (Å²) in [5.41, 5.74) is 4.07. The molecule has 0 radical (unpaired) electrons. The van der Waals surface area contributed by atoms with Crippen LogP contribution < -0.4 is 4.74 Å². The van der Waals surface area contributed by atoms with Crippen molar-refractivity contribution in [3.63, 3.8) is 0 Å². The van der Waals surface area contributed by atoms with E-state index in [1.54, 1.807) is 0 Å². The third kappa shape index (κ3) is 2.72. The molecule has 2 rings (SSSR count). The van der Waals surface area contributed by atoms with Crippen LogP contribution in [-0.2, 0) is 0 Å². The molecule has 1 aliphatic carbocycles. The van der Waals surface area contributed by atoms with Crippen LogP contribution in [0.4, 0.5) is 0 Å². The van der Waals surface area contributed by atoms with E-state index in [0.717, 1.165) is 18.6 Å². The maximum Gasteiger partial charge on any atom is 0.162 e. The zero-order chi connectivity index (χ0) is 13.1. The number of rotatable bonds is 6. The molecule has 1 aliphatic rings. The third-order valence-corrected chi connectivity index (χ3v) is 3.99. The fourth-order valence-corrected chi connectivity index (χ4v) is 2.46. The Balaban J connectivity index is 2.41. The predicted molar refractivity (Wildman–Crippen MR) is 77.6 cm³/mol. The number of hydrogen-bond acceptors (Lipinski definition) is 1. The average Bonchev–Trinajstić information content (AvgIpc) is 3.22. The van der Waals surface area contributed by atoms with Crippen LogP contribution in [0.2, 0.25) is 0 Å². The maximum atomic E-state index is 5.79. The number of halogens is 1. The van der Waals surface area contributed by atoms with Crippen molar-refractivity contribution in [3.05, 3.63) is 41.0 Å². The van der Waals surface area contributed by atoms with Crippen molar-refractivity contribution in [1.29, 1.82) is 0 Å². The number of hydrogen-bond donors (Lipinski definition) is 0. The maximum absolute atomic E-state index is 5.79. The molecule has 0 N–H and O–H groups in total. The van der Waals surface area contributed by atoms with Crippen LogP contribution in [0.1, 0.15) is 56.6 Å². The molecule has 0 aromatic heterocycles. The topological polar surface area (TPSA) is 9.23 Å². The molecule has 0 unspecified atom stereocenters. The summed E-state index contributed by atoms with van der Waals surface area (Å²) in [6, 6.07) is 6.68. The molecule has 1 aromatic carbocycles. The lowest BCUT2D eigenvalue weighted by atomic mass is 9.90. The Kier molecular flexibility index (Phi) is 4.34. The molecular weight excluding hydrogens is 244 g/mol. The van der Waals surface area contributed by atoms with Crippen LogP contribution in [0, 0.1) is 0 Å². The van der Waals surface area contributed by atoms with Gasteiger partial charge in [-0.05, 0) is 24.3 Å². The highest BCUT2D eigenvalue weighted by molar-refractivity contribution is 6.17. The molecule has 1 nitrogen and oxygen atoms in total. The second kappa shape index (κ2) is 5.79. The van der Waals surface area contributed by atoms with Crippen LogP contribution >= 0.6 is 11.6 Å². The molecule has 2 heteroatoms. The summed E-state index contributed by atoms with van der Waals surface area (Å²) in [6.45, 7) is 6.69. The van der Waals surface area contributed by atoms with Gasteiger partial charge in [-0.1, -0.05) is 62.2 Å².